The largest absolute Gasteiger partial charge is 0.495 e. The number of nitrogens with zero attached hydrogens (tertiary/aromatic N) is 2. The van der Waals surface area contributed by atoms with Crippen LogP contribution in [0.3, 0.4) is 0 Å². The molecular weight excluding hydrogens is 468 g/mol. The van der Waals surface area contributed by atoms with Gasteiger partial charge in [-0.05, 0) is 41.5 Å². The minimum atomic E-state index is -3.79. The Bertz CT molecular complexity index is 1230. The topological polar surface area (TPSA) is 95.0 Å². The normalized spacial score (nSPS) is 15.6. The summed E-state index contributed by atoms with van der Waals surface area (Å²) >= 11 is 0. The number of rotatable bonds is 8. The van der Waals surface area contributed by atoms with Crippen LogP contribution >= 0.6 is 0 Å². The van der Waals surface area contributed by atoms with Gasteiger partial charge in [-0.25, -0.2) is 13.2 Å². The average molecular weight is 495 g/mol. The fourth-order valence-electron chi connectivity index (χ4n) is 3.70. The molecule has 1 atom stereocenters. The number of ether oxygens (including phenoxy) is 3. The van der Waals surface area contributed by atoms with Gasteiger partial charge in [-0.15, -0.1) is 0 Å². The molecule has 4 rings (SSSR count). The van der Waals surface area contributed by atoms with Crippen LogP contribution in [-0.2, 0) is 24.3 Å². The molecule has 1 aliphatic heterocycles. The Morgan fingerprint density at radius 2 is 1.80 bits per heavy atom. The van der Waals surface area contributed by atoms with Gasteiger partial charge in [0.05, 0.1) is 26.0 Å². The fraction of sp³-hybridized carbons (Fsp3) is 0.231. The molecule has 0 N–H and O–H groups in total. The van der Waals surface area contributed by atoms with Crippen LogP contribution < -0.4 is 4.74 Å². The van der Waals surface area contributed by atoms with E-state index in [9.17, 15) is 13.2 Å². The predicted octanol–water partition coefficient (Wildman–Crippen LogP) is 3.46. The van der Waals surface area contributed by atoms with Crippen molar-refractivity contribution in [3.8, 4) is 5.75 Å². The Labute approximate surface area is 204 Å². The van der Waals surface area contributed by atoms with Crippen molar-refractivity contribution >= 4 is 22.1 Å². The number of hydrogen-bond donors (Lipinski definition) is 0. The number of morpholine rings is 1. The van der Waals surface area contributed by atoms with E-state index in [2.05, 4.69) is 4.98 Å². The summed E-state index contributed by atoms with van der Waals surface area (Å²) in [7, 11) is -2.37. The van der Waals surface area contributed by atoms with E-state index in [1.165, 1.54) is 29.6 Å². The maximum Gasteiger partial charge on any atom is 0.331 e. The fourth-order valence-corrected chi connectivity index (χ4v) is 5.30. The molecule has 2 heterocycles. The molecule has 1 saturated heterocycles. The first-order valence-electron chi connectivity index (χ1n) is 11.1. The Hall–Kier alpha value is -3.53. The minimum Gasteiger partial charge on any atom is -0.495 e. The van der Waals surface area contributed by atoms with Crippen molar-refractivity contribution in [3.63, 3.8) is 0 Å². The summed E-state index contributed by atoms with van der Waals surface area (Å²) in [6, 6.07) is 19.5. The third-order valence-electron chi connectivity index (χ3n) is 5.48. The number of sulfonamides is 1. The van der Waals surface area contributed by atoms with E-state index in [4.69, 9.17) is 14.2 Å². The van der Waals surface area contributed by atoms with Crippen molar-refractivity contribution in [1.82, 2.24) is 9.29 Å². The van der Waals surface area contributed by atoms with Crippen LogP contribution in [0.5, 0.6) is 5.75 Å². The Kier molecular flexibility index (Phi) is 7.91. The van der Waals surface area contributed by atoms with E-state index < -0.39 is 22.1 Å². The number of methoxy groups -OCH3 is 1. The predicted molar refractivity (Wildman–Crippen MR) is 130 cm³/mol. The summed E-state index contributed by atoms with van der Waals surface area (Å²) in [6.45, 7) is 1.22. The molecule has 8 nitrogen and oxygen atoms in total. The lowest BCUT2D eigenvalue weighted by molar-refractivity contribution is -0.141. The van der Waals surface area contributed by atoms with Crippen LogP contribution in [0.15, 0.2) is 83.9 Å². The second kappa shape index (κ2) is 11.3. The number of carbonyl (C=O) groups is 1. The Morgan fingerprint density at radius 3 is 2.49 bits per heavy atom. The maximum absolute atomic E-state index is 13.2. The lowest BCUT2D eigenvalue weighted by Crippen LogP contribution is -2.40. The first kappa shape index (κ1) is 24.6. The molecule has 1 aromatic heterocycles. The Balaban J connectivity index is 1.56. The zero-order chi connectivity index (χ0) is 24.7. The van der Waals surface area contributed by atoms with Crippen LogP contribution in [0.25, 0.3) is 6.08 Å². The van der Waals surface area contributed by atoms with E-state index >= 15 is 0 Å². The number of carbonyl (C=O) groups excluding carboxylic acids is 1. The van der Waals surface area contributed by atoms with E-state index in [1.54, 1.807) is 30.5 Å². The molecule has 0 radical (unpaired) electrons. The van der Waals surface area contributed by atoms with Crippen LogP contribution in [-0.4, -0.2) is 57.1 Å². The van der Waals surface area contributed by atoms with Crippen LogP contribution in [0.4, 0.5) is 0 Å². The van der Waals surface area contributed by atoms with Gasteiger partial charge in [0.1, 0.15) is 10.6 Å². The number of hydrogen-bond acceptors (Lipinski definition) is 7. The second-order valence-electron chi connectivity index (χ2n) is 7.74. The summed E-state index contributed by atoms with van der Waals surface area (Å²) in [5, 5.41) is 0. The summed E-state index contributed by atoms with van der Waals surface area (Å²) in [5.74, 6) is -0.353. The molecule has 1 unspecified atom stereocenters. The van der Waals surface area contributed by atoms with Gasteiger partial charge in [-0.2, -0.15) is 4.31 Å². The highest BCUT2D eigenvalue weighted by atomic mass is 32.2. The highest BCUT2D eigenvalue weighted by Gasteiger charge is 2.29. The third-order valence-corrected chi connectivity index (χ3v) is 7.40. The van der Waals surface area contributed by atoms with Gasteiger partial charge in [-0.1, -0.05) is 42.5 Å². The molecule has 0 spiro atoms. The monoisotopic (exact) mass is 494 g/mol. The SMILES string of the molecule is COc1ccc(C=CC(=O)OC(c2ccccc2)c2ccccn2)cc1S(=O)(=O)N1CCOCC1. The van der Waals surface area contributed by atoms with E-state index in [1.807, 2.05) is 36.4 Å². The summed E-state index contributed by atoms with van der Waals surface area (Å²) < 4.78 is 44.0. The third kappa shape index (κ3) is 5.94. The lowest BCUT2D eigenvalue weighted by Gasteiger charge is -2.26. The van der Waals surface area contributed by atoms with E-state index in [0.717, 1.165) is 5.56 Å². The molecule has 0 aliphatic carbocycles. The molecule has 1 fully saturated rings. The molecular formula is C26H26N2O6S. The van der Waals surface area contributed by atoms with Crippen LogP contribution in [0, 0.1) is 0 Å². The van der Waals surface area contributed by atoms with Gasteiger partial charge in [0.15, 0.2) is 6.10 Å². The molecule has 9 heteroatoms. The van der Waals surface area contributed by atoms with Crippen molar-refractivity contribution in [1.29, 1.82) is 0 Å². The summed E-state index contributed by atoms with van der Waals surface area (Å²) in [6.07, 6.45) is 3.75. The molecule has 2 aromatic carbocycles. The number of pyridine rings is 1. The molecule has 35 heavy (non-hydrogen) atoms. The second-order valence-corrected chi connectivity index (χ2v) is 9.65. The van der Waals surface area contributed by atoms with Crippen molar-refractivity contribution in [2.24, 2.45) is 0 Å². The minimum absolute atomic E-state index is 0.0352. The molecule has 182 valence electrons. The Morgan fingerprint density at radius 1 is 1.06 bits per heavy atom. The highest BCUT2D eigenvalue weighted by Crippen LogP contribution is 2.29. The van der Waals surface area contributed by atoms with Gasteiger partial charge in [0.2, 0.25) is 10.0 Å². The van der Waals surface area contributed by atoms with Crippen molar-refractivity contribution in [2.75, 3.05) is 33.4 Å². The summed E-state index contributed by atoms with van der Waals surface area (Å²) in [4.78, 5) is 17.1. The maximum atomic E-state index is 13.2. The molecule has 3 aromatic rings. The molecule has 0 bridgehead atoms. The quantitative estimate of drug-likeness (QED) is 0.350. The van der Waals surface area contributed by atoms with Crippen LogP contribution in [0.1, 0.15) is 22.9 Å². The molecule has 0 amide bonds. The zero-order valence-corrected chi connectivity index (χ0v) is 20.1. The van der Waals surface area contributed by atoms with Crippen LogP contribution in [0.2, 0.25) is 0 Å². The van der Waals surface area contributed by atoms with Crippen molar-refractivity contribution < 1.29 is 27.4 Å². The average Bonchev–Trinajstić information content (AvgIpc) is 2.92. The van der Waals surface area contributed by atoms with Gasteiger partial charge >= 0.3 is 5.97 Å². The number of esters is 1. The number of benzene rings is 2. The van der Waals surface area contributed by atoms with E-state index in [-0.39, 0.29) is 23.7 Å². The summed E-state index contributed by atoms with van der Waals surface area (Å²) in [5.41, 5.74) is 1.91. The van der Waals surface area contributed by atoms with Crippen molar-refractivity contribution in [3.05, 3.63) is 95.8 Å². The lowest BCUT2D eigenvalue weighted by atomic mass is 10.1. The first-order chi connectivity index (χ1) is 17.0. The molecule has 1 aliphatic rings. The zero-order valence-electron chi connectivity index (χ0n) is 19.2. The molecule has 0 saturated carbocycles. The highest BCUT2D eigenvalue weighted by molar-refractivity contribution is 7.89. The van der Waals surface area contributed by atoms with Gasteiger partial charge in [-0.3, -0.25) is 4.98 Å². The number of aromatic nitrogens is 1. The van der Waals surface area contributed by atoms with Gasteiger partial charge in [0, 0.05) is 25.4 Å². The van der Waals surface area contributed by atoms with Gasteiger partial charge < -0.3 is 14.2 Å². The standard InChI is InChI=1S/C26H26N2O6S/c1-32-23-12-10-20(19-24(23)35(30,31)28-15-17-33-18-16-28)11-13-25(29)34-26(21-7-3-2-4-8-21)22-9-5-6-14-27-22/h2-14,19,26H,15-18H2,1H3. The van der Waals surface area contributed by atoms with E-state index in [0.29, 0.717) is 24.5 Å². The smallest absolute Gasteiger partial charge is 0.331 e. The van der Waals surface area contributed by atoms with Gasteiger partial charge in [0.25, 0.3) is 0 Å². The van der Waals surface area contributed by atoms with Crippen molar-refractivity contribution in [2.45, 2.75) is 11.0 Å². The first-order valence-corrected chi connectivity index (χ1v) is 12.5.